The van der Waals surface area contributed by atoms with Crippen LogP contribution in [0.15, 0.2) is 0 Å². The van der Waals surface area contributed by atoms with Gasteiger partial charge in [-0.2, -0.15) is 0 Å². The van der Waals surface area contributed by atoms with E-state index in [1.165, 1.54) is 12.8 Å². The van der Waals surface area contributed by atoms with Gasteiger partial charge in [0.1, 0.15) is 0 Å². The Morgan fingerprint density at radius 3 is 2.00 bits per heavy atom. The molecular formula is C11H28N2. The first-order chi connectivity index (χ1) is 6.16. The van der Waals surface area contributed by atoms with Crippen molar-refractivity contribution in [3.63, 3.8) is 0 Å². The average molecular weight is 188 g/mol. The molecule has 0 heterocycles. The van der Waals surface area contributed by atoms with Gasteiger partial charge in [0.05, 0.1) is 0 Å². The summed E-state index contributed by atoms with van der Waals surface area (Å²) in [4.78, 5) is 0. The number of nitrogens with two attached hydrogens (primary N) is 1. The first kappa shape index (κ1) is 15.4. The lowest BCUT2D eigenvalue weighted by molar-refractivity contribution is 0.446. The Labute approximate surface area is 84.3 Å². The van der Waals surface area contributed by atoms with Gasteiger partial charge in [-0.3, -0.25) is 0 Å². The lowest BCUT2D eigenvalue weighted by Crippen LogP contribution is -2.17. The smallest absolute Gasteiger partial charge is 0.00105 e. The van der Waals surface area contributed by atoms with Crippen molar-refractivity contribution in [2.75, 3.05) is 13.6 Å². The van der Waals surface area contributed by atoms with E-state index in [0.29, 0.717) is 6.04 Å². The van der Waals surface area contributed by atoms with E-state index in [2.05, 4.69) is 19.2 Å². The molecule has 0 amide bonds. The number of hydrogen-bond acceptors (Lipinski definition) is 2. The number of nitrogens with one attached hydrogen (secondary N) is 1. The van der Waals surface area contributed by atoms with Crippen LogP contribution in [0.3, 0.4) is 0 Å². The molecule has 2 atom stereocenters. The van der Waals surface area contributed by atoms with Crippen LogP contribution in [0.5, 0.6) is 0 Å². The summed E-state index contributed by atoms with van der Waals surface area (Å²) in [6, 6.07) is 0.368. The summed E-state index contributed by atoms with van der Waals surface area (Å²) in [5, 5.41) is 3.15. The van der Waals surface area contributed by atoms with E-state index in [1.54, 1.807) is 0 Å². The summed E-state index contributed by atoms with van der Waals surface area (Å²) in [6.45, 7) is 9.49. The molecule has 0 bridgehead atoms. The first-order valence-electron chi connectivity index (χ1n) is 5.57. The van der Waals surface area contributed by atoms with E-state index < -0.39 is 0 Å². The van der Waals surface area contributed by atoms with Gasteiger partial charge in [-0.15, -0.1) is 0 Å². The Morgan fingerprint density at radius 2 is 1.62 bits per heavy atom. The summed E-state index contributed by atoms with van der Waals surface area (Å²) in [5.41, 5.74) is 5.65. The molecule has 82 valence electrons. The van der Waals surface area contributed by atoms with Crippen LogP contribution in [-0.2, 0) is 0 Å². The zero-order valence-electron chi connectivity index (χ0n) is 10.1. The van der Waals surface area contributed by atoms with E-state index >= 15 is 0 Å². The third kappa shape index (κ3) is 14.7. The molecule has 2 unspecified atom stereocenters. The molecule has 0 radical (unpaired) electrons. The lowest BCUT2D eigenvalue weighted by atomic mass is 9.99. The Kier molecular flexibility index (Phi) is 14.1. The molecule has 0 aliphatic rings. The summed E-state index contributed by atoms with van der Waals surface area (Å²) in [5.74, 6) is 0.813. The summed E-state index contributed by atoms with van der Waals surface area (Å²) in [6.07, 6.45) is 3.69. The first-order valence-corrected chi connectivity index (χ1v) is 5.57. The third-order valence-electron chi connectivity index (χ3n) is 2.00. The van der Waals surface area contributed by atoms with Crippen molar-refractivity contribution in [2.24, 2.45) is 11.7 Å². The molecule has 0 saturated carbocycles. The van der Waals surface area contributed by atoms with Crippen molar-refractivity contribution in [1.82, 2.24) is 5.32 Å². The minimum atomic E-state index is 0.368. The highest BCUT2D eigenvalue weighted by Gasteiger charge is 2.02. The van der Waals surface area contributed by atoms with Gasteiger partial charge in [-0.05, 0) is 45.7 Å². The number of rotatable bonds is 6. The molecular weight excluding hydrogens is 160 g/mol. The second kappa shape index (κ2) is 11.9. The minimum Gasteiger partial charge on any atom is -0.328 e. The highest BCUT2D eigenvalue weighted by atomic mass is 14.8. The summed E-state index contributed by atoms with van der Waals surface area (Å²) in [7, 11) is 2.00. The second-order valence-corrected chi connectivity index (χ2v) is 3.55. The maximum Gasteiger partial charge on any atom is 0.00105 e. The highest BCUT2D eigenvalue weighted by Crippen LogP contribution is 2.09. The molecule has 0 rings (SSSR count). The summed E-state index contributed by atoms with van der Waals surface area (Å²) >= 11 is 0. The van der Waals surface area contributed by atoms with Gasteiger partial charge in [0.15, 0.2) is 0 Å². The molecule has 0 aromatic heterocycles. The Bertz CT molecular complexity index is 82.2. The average Bonchev–Trinajstić information content (AvgIpc) is 2.14. The molecule has 0 spiro atoms. The number of hydrogen-bond donors (Lipinski definition) is 2. The standard InChI is InChI=1S/C9H22N2.C2H6/c1-8(6-7-11-3)4-5-9(2)10;1-2/h8-9,11H,4-7,10H2,1-3H3;1-2H3. The van der Waals surface area contributed by atoms with Crippen LogP contribution in [-0.4, -0.2) is 19.6 Å². The fraction of sp³-hybridized carbons (Fsp3) is 1.00. The van der Waals surface area contributed by atoms with E-state index in [-0.39, 0.29) is 0 Å². The monoisotopic (exact) mass is 188 g/mol. The largest absolute Gasteiger partial charge is 0.328 e. The molecule has 0 aliphatic carbocycles. The SMILES string of the molecule is CC.CNCCC(C)CCC(C)N. The molecule has 0 fully saturated rings. The van der Waals surface area contributed by atoms with Crippen molar-refractivity contribution < 1.29 is 0 Å². The third-order valence-corrected chi connectivity index (χ3v) is 2.00. The van der Waals surface area contributed by atoms with Gasteiger partial charge >= 0.3 is 0 Å². The normalized spacial score (nSPS) is 14.3. The fourth-order valence-corrected chi connectivity index (χ4v) is 1.08. The lowest BCUT2D eigenvalue weighted by Gasteiger charge is -2.11. The van der Waals surface area contributed by atoms with Crippen LogP contribution in [0.1, 0.15) is 47.0 Å². The van der Waals surface area contributed by atoms with Crippen molar-refractivity contribution >= 4 is 0 Å². The minimum absolute atomic E-state index is 0.368. The molecule has 0 saturated heterocycles. The van der Waals surface area contributed by atoms with Crippen molar-refractivity contribution in [3.05, 3.63) is 0 Å². The van der Waals surface area contributed by atoms with Gasteiger partial charge in [-0.25, -0.2) is 0 Å². The van der Waals surface area contributed by atoms with Crippen LogP contribution in [0.2, 0.25) is 0 Å². The zero-order chi connectivity index (χ0) is 10.7. The van der Waals surface area contributed by atoms with Gasteiger partial charge < -0.3 is 11.1 Å². The van der Waals surface area contributed by atoms with Crippen molar-refractivity contribution in [3.8, 4) is 0 Å². The molecule has 0 aliphatic heterocycles. The maximum atomic E-state index is 5.65. The van der Waals surface area contributed by atoms with Crippen LogP contribution in [0.25, 0.3) is 0 Å². The Morgan fingerprint density at radius 1 is 1.08 bits per heavy atom. The zero-order valence-corrected chi connectivity index (χ0v) is 10.1. The van der Waals surface area contributed by atoms with Crippen molar-refractivity contribution in [1.29, 1.82) is 0 Å². The van der Waals surface area contributed by atoms with Crippen LogP contribution >= 0.6 is 0 Å². The molecule has 13 heavy (non-hydrogen) atoms. The second-order valence-electron chi connectivity index (χ2n) is 3.55. The van der Waals surface area contributed by atoms with Gasteiger partial charge in [-0.1, -0.05) is 20.8 Å². The fourth-order valence-electron chi connectivity index (χ4n) is 1.08. The van der Waals surface area contributed by atoms with E-state index in [9.17, 15) is 0 Å². The Hall–Kier alpha value is -0.0800. The molecule has 2 heteroatoms. The van der Waals surface area contributed by atoms with Gasteiger partial charge in [0.2, 0.25) is 0 Å². The van der Waals surface area contributed by atoms with Gasteiger partial charge in [0, 0.05) is 6.04 Å². The predicted octanol–water partition coefficient (Wildman–Crippen LogP) is 2.39. The predicted molar refractivity (Wildman–Crippen MR) is 61.9 cm³/mol. The maximum absolute atomic E-state index is 5.65. The van der Waals surface area contributed by atoms with E-state index in [0.717, 1.165) is 18.9 Å². The highest BCUT2D eigenvalue weighted by molar-refractivity contribution is 4.59. The molecule has 0 aromatic carbocycles. The molecule has 3 N–H and O–H groups in total. The van der Waals surface area contributed by atoms with Gasteiger partial charge in [0.25, 0.3) is 0 Å². The van der Waals surface area contributed by atoms with Crippen LogP contribution in [0, 0.1) is 5.92 Å². The van der Waals surface area contributed by atoms with Crippen molar-refractivity contribution in [2.45, 2.75) is 53.0 Å². The molecule has 0 aromatic rings. The topological polar surface area (TPSA) is 38.0 Å². The quantitative estimate of drug-likeness (QED) is 0.671. The molecule has 2 nitrogen and oxygen atoms in total. The summed E-state index contributed by atoms with van der Waals surface area (Å²) < 4.78 is 0. The van der Waals surface area contributed by atoms with Crippen LogP contribution in [0.4, 0.5) is 0 Å². The van der Waals surface area contributed by atoms with E-state index in [1.807, 2.05) is 20.9 Å². The van der Waals surface area contributed by atoms with E-state index in [4.69, 9.17) is 5.73 Å². The Balaban J connectivity index is 0. The van der Waals surface area contributed by atoms with Crippen LogP contribution < -0.4 is 11.1 Å².